The Morgan fingerprint density at radius 1 is 1.42 bits per heavy atom. The largest absolute Gasteiger partial charge is 0.495 e. The van der Waals surface area contributed by atoms with E-state index in [1.807, 2.05) is 32.9 Å². The number of carbonyl (C=O) groups is 1. The lowest BCUT2D eigenvalue weighted by Gasteiger charge is -2.23. The molecule has 0 saturated carbocycles. The Bertz CT molecular complexity index is 458. The number of amides is 1. The normalized spacial score (nSPS) is 12.1. The lowest BCUT2D eigenvalue weighted by Crippen LogP contribution is -2.30. The number of rotatable bonds is 5. The third-order valence-electron chi connectivity index (χ3n) is 3.26. The number of anilines is 1. The number of aryl methyl sites for hydroxylation is 2. The van der Waals surface area contributed by atoms with Gasteiger partial charge in [-0.05, 0) is 43.5 Å². The fourth-order valence-corrected chi connectivity index (χ4v) is 2.15. The van der Waals surface area contributed by atoms with Crippen LogP contribution in [0.2, 0.25) is 0 Å². The third kappa shape index (κ3) is 3.70. The Hall–Kier alpha value is -1.55. The molecule has 1 atom stereocenters. The first kappa shape index (κ1) is 15.5. The van der Waals surface area contributed by atoms with Crippen LogP contribution in [0.1, 0.15) is 24.5 Å². The van der Waals surface area contributed by atoms with Crippen molar-refractivity contribution < 1.29 is 9.53 Å². The van der Waals surface area contributed by atoms with Gasteiger partial charge in [0.1, 0.15) is 5.75 Å². The highest BCUT2D eigenvalue weighted by Crippen LogP contribution is 2.33. The van der Waals surface area contributed by atoms with E-state index in [9.17, 15) is 4.79 Å². The number of nitrogens with zero attached hydrogens (tertiary/aromatic N) is 1. The topological polar surface area (TPSA) is 55.6 Å². The predicted octanol–water partition coefficient (Wildman–Crippen LogP) is 2.26. The van der Waals surface area contributed by atoms with Crippen LogP contribution in [0.15, 0.2) is 12.1 Å². The van der Waals surface area contributed by atoms with Crippen LogP contribution in [0.25, 0.3) is 0 Å². The van der Waals surface area contributed by atoms with Crippen LogP contribution in [0.5, 0.6) is 5.75 Å². The molecule has 1 unspecified atom stereocenters. The van der Waals surface area contributed by atoms with Crippen molar-refractivity contribution in [3.8, 4) is 5.75 Å². The first-order chi connectivity index (χ1) is 8.90. The Morgan fingerprint density at radius 2 is 2.05 bits per heavy atom. The zero-order valence-electron chi connectivity index (χ0n) is 12.5. The monoisotopic (exact) mass is 264 g/mol. The number of methoxy groups -OCH3 is 1. The highest BCUT2D eigenvalue weighted by molar-refractivity contribution is 5.95. The zero-order chi connectivity index (χ0) is 14.6. The Morgan fingerprint density at radius 3 is 2.58 bits per heavy atom. The molecule has 0 heterocycles. The second kappa shape index (κ2) is 6.57. The van der Waals surface area contributed by atoms with Crippen LogP contribution in [0, 0.1) is 19.8 Å². The van der Waals surface area contributed by atoms with Crippen LogP contribution in [-0.4, -0.2) is 26.6 Å². The molecule has 106 valence electrons. The second-order valence-electron chi connectivity index (χ2n) is 5.13. The maximum atomic E-state index is 12.2. The Labute approximate surface area is 115 Å². The second-order valence-corrected chi connectivity index (χ2v) is 5.13. The van der Waals surface area contributed by atoms with Crippen molar-refractivity contribution in [2.75, 3.05) is 25.6 Å². The first-order valence-corrected chi connectivity index (χ1v) is 6.52. The van der Waals surface area contributed by atoms with Gasteiger partial charge >= 0.3 is 0 Å². The van der Waals surface area contributed by atoms with E-state index in [4.69, 9.17) is 10.5 Å². The van der Waals surface area contributed by atoms with Crippen molar-refractivity contribution in [2.24, 2.45) is 11.7 Å². The molecule has 1 amide bonds. The molecular formula is C15H24N2O2. The molecule has 0 spiro atoms. The van der Waals surface area contributed by atoms with Gasteiger partial charge in [-0.3, -0.25) is 4.79 Å². The highest BCUT2D eigenvalue weighted by atomic mass is 16.5. The summed E-state index contributed by atoms with van der Waals surface area (Å²) in [6, 6.07) is 3.99. The summed E-state index contributed by atoms with van der Waals surface area (Å²) in [5.41, 5.74) is 8.56. The number of hydrogen-bond donors (Lipinski definition) is 1. The van der Waals surface area contributed by atoms with Gasteiger partial charge in [0, 0.05) is 13.5 Å². The van der Waals surface area contributed by atoms with Gasteiger partial charge in [-0.1, -0.05) is 13.0 Å². The van der Waals surface area contributed by atoms with Crippen LogP contribution >= 0.6 is 0 Å². The molecule has 0 bridgehead atoms. The van der Waals surface area contributed by atoms with Crippen LogP contribution < -0.4 is 15.4 Å². The average Bonchev–Trinajstić information content (AvgIpc) is 2.36. The Kier molecular flexibility index (Phi) is 5.36. The summed E-state index contributed by atoms with van der Waals surface area (Å²) in [5.74, 6) is 0.976. The molecule has 1 aromatic carbocycles. The quantitative estimate of drug-likeness (QED) is 0.887. The maximum Gasteiger partial charge on any atom is 0.227 e. The van der Waals surface area contributed by atoms with Gasteiger partial charge in [-0.2, -0.15) is 0 Å². The predicted molar refractivity (Wildman–Crippen MR) is 78.7 cm³/mol. The molecule has 0 aliphatic carbocycles. The van der Waals surface area contributed by atoms with E-state index in [2.05, 4.69) is 0 Å². The summed E-state index contributed by atoms with van der Waals surface area (Å²) >= 11 is 0. The maximum absolute atomic E-state index is 12.2. The number of carbonyl (C=O) groups excluding carboxylic acids is 1. The van der Waals surface area contributed by atoms with E-state index in [0.717, 1.165) is 22.6 Å². The van der Waals surface area contributed by atoms with Crippen molar-refractivity contribution >= 4 is 11.6 Å². The van der Waals surface area contributed by atoms with Crippen molar-refractivity contribution in [2.45, 2.75) is 27.2 Å². The fraction of sp³-hybridized carbons (Fsp3) is 0.533. The first-order valence-electron chi connectivity index (χ1n) is 6.52. The molecule has 0 aliphatic heterocycles. The minimum atomic E-state index is 0.0585. The molecule has 1 aromatic rings. The van der Waals surface area contributed by atoms with Crippen molar-refractivity contribution in [3.05, 3.63) is 23.3 Å². The molecule has 0 aromatic heterocycles. The minimum Gasteiger partial charge on any atom is -0.495 e. The number of benzene rings is 1. The zero-order valence-corrected chi connectivity index (χ0v) is 12.5. The van der Waals surface area contributed by atoms with Gasteiger partial charge < -0.3 is 15.4 Å². The van der Waals surface area contributed by atoms with Gasteiger partial charge in [0.25, 0.3) is 0 Å². The molecule has 0 aliphatic rings. The molecule has 1 rings (SSSR count). The molecule has 4 heteroatoms. The van der Waals surface area contributed by atoms with Crippen LogP contribution in [-0.2, 0) is 4.79 Å². The molecule has 0 radical (unpaired) electrons. The molecule has 4 nitrogen and oxygen atoms in total. The SMILES string of the molecule is COc1cc(C)cc(C)c1N(C)C(=O)CC(C)CN. The average molecular weight is 264 g/mol. The Balaban J connectivity index is 3.05. The van der Waals surface area contributed by atoms with E-state index in [0.29, 0.717) is 13.0 Å². The van der Waals surface area contributed by atoms with Gasteiger partial charge in [0.15, 0.2) is 0 Å². The number of ether oxygens (including phenoxy) is 1. The summed E-state index contributed by atoms with van der Waals surface area (Å²) in [6.07, 6.45) is 0.448. The van der Waals surface area contributed by atoms with Gasteiger partial charge in [-0.25, -0.2) is 0 Å². The van der Waals surface area contributed by atoms with E-state index >= 15 is 0 Å². The van der Waals surface area contributed by atoms with Gasteiger partial charge in [0.2, 0.25) is 5.91 Å². The van der Waals surface area contributed by atoms with Crippen molar-refractivity contribution in [3.63, 3.8) is 0 Å². The summed E-state index contributed by atoms with van der Waals surface area (Å²) in [4.78, 5) is 13.9. The minimum absolute atomic E-state index is 0.0585. The van der Waals surface area contributed by atoms with E-state index in [1.165, 1.54) is 0 Å². The van der Waals surface area contributed by atoms with Crippen molar-refractivity contribution in [1.29, 1.82) is 0 Å². The third-order valence-corrected chi connectivity index (χ3v) is 3.26. The fourth-order valence-electron chi connectivity index (χ4n) is 2.15. The summed E-state index contributed by atoms with van der Waals surface area (Å²) < 4.78 is 5.39. The summed E-state index contributed by atoms with van der Waals surface area (Å²) in [5, 5.41) is 0. The molecule has 2 N–H and O–H groups in total. The molecule has 0 saturated heterocycles. The van der Waals surface area contributed by atoms with Crippen molar-refractivity contribution in [1.82, 2.24) is 0 Å². The molecule has 19 heavy (non-hydrogen) atoms. The van der Waals surface area contributed by atoms with E-state index in [-0.39, 0.29) is 11.8 Å². The smallest absolute Gasteiger partial charge is 0.227 e. The van der Waals surface area contributed by atoms with E-state index in [1.54, 1.807) is 19.1 Å². The summed E-state index contributed by atoms with van der Waals surface area (Å²) in [7, 11) is 3.41. The van der Waals surface area contributed by atoms with E-state index < -0.39 is 0 Å². The van der Waals surface area contributed by atoms with Crippen LogP contribution in [0.3, 0.4) is 0 Å². The van der Waals surface area contributed by atoms with Gasteiger partial charge in [0.05, 0.1) is 12.8 Å². The number of nitrogens with two attached hydrogens (primary N) is 1. The number of hydrogen-bond acceptors (Lipinski definition) is 3. The standard InChI is InChI=1S/C15H24N2O2/c1-10-6-12(3)15(13(7-10)19-5)17(4)14(18)8-11(2)9-16/h6-7,11H,8-9,16H2,1-5H3. The highest BCUT2D eigenvalue weighted by Gasteiger charge is 2.19. The van der Waals surface area contributed by atoms with Gasteiger partial charge in [-0.15, -0.1) is 0 Å². The molecular weight excluding hydrogens is 240 g/mol. The lowest BCUT2D eigenvalue weighted by molar-refractivity contribution is -0.119. The summed E-state index contributed by atoms with van der Waals surface area (Å²) in [6.45, 7) is 6.49. The van der Waals surface area contributed by atoms with Crippen LogP contribution in [0.4, 0.5) is 5.69 Å². The lowest BCUT2D eigenvalue weighted by atomic mass is 10.1. The molecule has 0 fully saturated rings.